The van der Waals surface area contributed by atoms with Crippen LogP contribution in [0, 0.1) is 6.61 Å². The van der Waals surface area contributed by atoms with Crippen molar-refractivity contribution in [3.8, 4) is 0 Å². The van der Waals surface area contributed by atoms with Gasteiger partial charge < -0.3 is 20.1 Å². The summed E-state index contributed by atoms with van der Waals surface area (Å²) in [5.74, 6) is 0. The SMILES string of the molecule is OCC[CH]OCCC[SiH](CO)CO. The van der Waals surface area contributed by atoms with E-state index in [1.54, 1.807) is 6.61 Å². The summed E-state index contributed by atoms with van der Waals surface area (Å²) in [6.45, 7) is 2.32. The summed E-state index contributed by atoms with van der Waals surface area (Å²) in [5, 5.41) is 26.0. The molecule has 3 N–H and O–H groups in total. The molecular weight excluding hydrogens is 188 g/mol. The van der Waals surface area contributed by atoms with Crippen LogP contribution in [0.15, 0.2) is 0 Å². The molecule has 0 saturated carbocycles. The van der Waals surface area contributed by atoms with Gasteiger partial charge in [0.15, 0.2) is 0 Å². The van der Waals surface area contributed by atoms with Crippen LogP contribution in [0.5, 0.6) is 0 Å². The largest absolute Gasteiger partial charge is 0.400 e. The van der Waals surface area contributed by atoms with E-state index >= 15 is 0 Å². The van der Waals surface area contributed by atoms with E-state index in [2.05, 4.69) is 0 Å². The van der Waals surface area contributed by atoms with Crippen LogP contribution < -0.4 is 0 Å². The van der Waals surface area contributed by atoms with Gasteiger partial charge in [0.25, 0.3) is 0 Å². The molecule has 0 heterocycles. The van der Waals surface area contributed by atoms with Crippen molar-refractivity contribution in [1.29, 1.82) is 0 Å². The monoisotopic (exact) mass is 207 g/mol. The molecule has 0 fully saturated rings. The molecule has 1 radical (unpaired) electrons. The van der Waals surface area contributed by atoms with Crippen molar-refractivity contribution < 1.29 is 20.1 Å². The highest BCUT2D eigenvalue weighted by molar-refractivity contribution is 6.58. The molecule has 0 unspecified atom stereocenters. The predicted octanol–water partition coefficient (Wildman–Crippen LogP) is -0.773. The molecule has 13 heavy (non-hydrogen) atoms. The quantitative estimate of drug-likeness (QED) is 0.343. The zero-order chi connectivity index (χ0) is 9.94. The maximum absolute atomic E-state index is 8.79. The van der Waals surface area contributed by atoms with Gasteiger partial charge in [-0.2, -0.15) is 0 Å². The summed E-state index contributed by atoms with van der Waals surface area (Å²) < 4.78 is 5.09. The van der Waals surface area contributed by atoms with E-state index in [4.69, 9.17) is 20.1 Å². The Labute approximate surface area is 80.8 Å². The third-order valence-corrected chi connectivity index (χ3v) is 4.01. The molecule has 5 heteroatoms. The first-order chi connectivity index (χ1) is 6.35. The van der Waals surface area contributed by atoms with Gasteiger partial charge in [-0.25, -0.2) is 0 Å². The van der Waals surface area contributed by atoms with E-state index in [-0.39, 0.29) is 19.1 Å². The van der Waals surface area contributed by atoms with Gasteiger partial charge in [-0.15, -0.1) is 0 Å². The van der Waals surface area contributed by atoms with Crippen LogP contribution in [-0.2, 0) is 4.74 Å². The molecule has 0 aromatic carbocycles. The van der Waals surface area contributed by atoms with Crippen LogP contribution in [0.1, 0.15) is 12.8 Å². The topological polar surface area (TPSA) is 69.9 Å². The van der Waals surface area contributed by atoms with Crippen LogP contribution in [0.2, 0.25) is 6.04 Å². The lowest BCUT2D eigenvalue weighted by Gasteiger charge is -2.08. The Morgan fingerprint density at radius 2 is 1.85 bits per heavy atom. The normalized spacial score (nSPS) is 11.1. The minimum Gasteiger partial charge on any atom is -0.400 e. The maximum atomic E-state index is 8.79. The second-order valence-corrected chi connectivity index (χ2v) is 5.96. The van der Waals surface area contributed by atoms with Crippen molar-refractivity contribution >= 4 is 8.80 Å². The Kier molecular flexibility index (Phi) is 10.2. The fraction of sp³-hybridized carbons (Fsp3) is 0.875. The Morgan fingerprint density at radius 3 is 2.38 bits per heavy atom. The molecule has 0 aromatic heterocycles. The first-order valence-electron chi connectivity index (χ1n) is 4.61. The molecule has 0 aliphatic heterocycles. The van der Waals surface area contributed by atoms with Crippen molar-refractivity contribution in [2.24, 2.45) is 0 Å². The number of ether oxygens (including phenoxy) is 1. The highest BCUT2D eigenvalue weighted by Gasteiger charge is 2.06. The van der Waals surface area contributed by atoms with Crippen molar-refractivity contribution in [3.63, 3.8) is 0 Å². The average Bonchev–Trinajstić information content (AvgIpc) is 2.17. The Morgan fingerprint density at radius 1 is 1.15 bits per heavy atom. The number of hydrogen-bond acceptors (Lipinski definition) is 4. The molecule has 0 rings (SSSR count). The van der Waals surface area contributed by atoms with Gasteiger partial charge in [0.05, 0.1) is 15.4 Å². The molecule has 4 nitrogen and oxygen atoms in total. The van der Waals surface area contributed by atoms with Crippen LogP contribution in [0.3, 0.4) is 0 Å². The van der Waals surface area contributed by atoms with E-state index in [9.17, 15) is 0 Å². The number of aliphatic hydroxyl groups excluding tert-OH is 3. The molecule has 0 atom stereocenters. The summed E-state index contributed by atoms with van der Waals surface area (Å²) in [4.78, 5) is 0. The average molecular weight is 207 g/mol. The summed E-state index contributed by atoms with van der Waals surface area (Å²) in [6.07, 6.45) is 1.76. The minimum atomic E-state index is -1.28. The highest BCUT2D eigenvalue weighted by atomic mass is 28.3. The molecule has 0 aliphatic carbocycles. The Hall–Kier alpha value is 0.0569. The lowest BCUT2D eigenvalue weighted by Crippen LogP contribution is -2.24. The third-order valence-electron chi connectivity index (χ3n) is 1.76. The first kappa shape index (κ1) is 13.1. The standard InChI is InChI=1S/C8H19O4Si/c9-3-1-4-12-5-2-6-13(7-10)8-11/h4,9-11,13H,1-3,5-8H2. The molecule has 0 aliphatic rings. The van der Waals surface area contributed by atoms with E-state index in [1.165, 1.54) is 0 Å². The summed E-state index contributed by atoms with van der Waals surface area (Å²) in [5.41, 5.74) is 0. The van der Waals surface area contributed by atoms with E-state index in [1.807, 2.05) is 0 Å². The second kappa shape index (κ2) is 10.1. The molecule has 0 aromatic rings. The van der Waals surface area contributed by atoms with Gasteiger partial charge in [0.2, 0.25) is 0 Å². The molecule has 79 valence electrons. The first-order valence-corrected chi connectivity index (χ1v) is 7.06. The number of aliphatic hydroxyl groups is 3. The van der Waals surface area contributed by atoms with Crippen molar-refractivity contribution in [1.82, 2.24) is 0 Å². The van der Waals surface area contributed by atoms with Gasteiger partial charge in [0.1, 0.15) is 0 Å². The predicted molar refractivity (Wildman–Crippen MR) is 52.7 cm³/mol. The van der Waals surface area contributed by atoms with Crippen molar-refractivity contribution in [2.75, 3.05) is 25.7 Å². The second-order valence-electron chi connectivity index (χ2n) is 2.92. The summed E-state index contributed by atoms with van der Waals surface area (Å²) in [6, 6.07) is 0.903. The van der Waals surface area contributed by atoms with Crippen LogP contribution in [0.4, 0.5) is 0 Å². The fourth-order valence-corrected chi connectivity index (χ4v) is 2.14. The number of hydrogen-bond donors (Lipinski definition) is 3. The van der Waals surface area contributed by atoms with Gasteiger partial charge in [-0.3, -0.25) is 0 Å². The van der Waals surface area contributed by atoms with Crippen LogP contribution in [0.25, 0.3) is 0 Å². The van der Waals surface area contributed by atoms with Crippen molar-refractivity contribution in [3.05, 3.63) is 6.61 Å². The maximum Gasteiger partial charge on any atom is 0.0969 e. The molecular formula is C8H19O4Si. The van der Waals surface area contributed by atoms with Gasteiger partial charge in [-0.1, -0.05) is 6.04 Å². The molecule has 0 amide bonds. The van der Waals surface area contributed by atoms with Crippen LogP contribution in [-0.4, -0.2) is 49.8 Å². The Bertz CT molecular complexity index is 98.1. The minimum absolute atomic E-state index is 0.116. The molecule has 0 spiro atoms. The van der Waals surface area contributed by atoms with Gasteiger partial charge in [0, 0.05) is 25.7 Å². The fourth-order valence-electron chi connectivity index (χ4n) is 0.915. The van der Waals surface area contributed by atoms with E-state index < -0.39 is 8.80 Å². The summed E-state index contributed by atoms with van der Waals surface area (Å²) >= 11 is 0. The van der Waals surface area contributed by atoms with Crippen LogP contribution >= 0.6 is 0 Å². The number of rotatable bonds is 9. The van der Waals surface area contributed by atoms with Gasteiger partial charge in [-0.05, 0) is 12.8 Å². The van der Waals surface area contributed by atoms with E-state index in [0.717, 1.165) is 12.5 Å². The van der Waals surface area contributed by atoms with E-state index in [0.29, 0.717) is 13.0 Å². The lowest BCUT2D eigenvalue weighted by atomic mass is 10.5. The Balaban J connectivity index is 3.05. The van der Waals surface area contributed by atoms with Crippen molar-refractivity contribution in [2.45, 2.75) is 18.9 Å². The zero-order valence-corrected chi connectivity index (χ0v) is 9.01. The smallest absolute Gasteiger partial charge is 0.0969 e. The summed E-state index contributed by atoms with van der Waals surface area (Å²) in [7, 11) is -1.28. The lowest BCUT2D eigenvalue weighted by molar-refractivity contribution is 0.172. The zero-order valence-electron chi connectivity index (χ0n) is 7.85. The molecule has 0 saturated heterocycles. The molecule has 0 bridgehead atoms. The third kappa shape index (κ3) is 8.39. The highest BCUT2D eigenvalue weighted by Crippen LogP contribution is 1.99. The van der Waals surface area contributed by atoms with Gasteiger partial charge >= 0.3 is 0 Å².